The highest BCUT2D eigenvalue weighted by molar-refractivity contribution is 7.89. The van der Waals surface area contributed by atoms with Gasteiger partial charge in [-0.15, -0.1) is 0 Å². The van der Waals surface area contributed by atoms with Crippen molar-refractivity contribution in [2.24, 2.45) is 13.0 Å². The first-order valence-electron chi connectivity index (χ1n) is 8.62. The summed E-state index contributed by atoms with van der Waals surface area (Å²) in [4.78, 5) is 29.3. The summed E-state index contributed by atoms with van der Waals surface area (Å²) in [5.74, 6) is 0.339. The first-order valence-corrected chi connectivity index (χ1v) is 10.1. The van der Waals surface area contributed by atoms with Crippen LogP contribution >= 0.6 is 0 Å². The van der Waals surface area contributed by atoms with Crippen LogP contribution in [-0.2, 0) is 31.4 Å². The second-order valence-electron chi connectivity index (χ2n) is 6.61. The molecule has 146 valence electrons. The lowest BCUT2D eigenvalue weighted by molar-refractivity contribution is -0.152. The quantitative estimate of drug-likeness (QED) is 0.670. The van der Waals surface area contributed by atoms with E-state index in [0.29, 0.717) is 24.8 Å². The predicted molar refractivity (Wildman–Crippen MR) is 93.7 cm³/mol. The van der Waals surface area contributed by atoms with Gasteiger partial charge in [-0.25, -0.2) is 18.1 Å². The lowest BCUT2D eigenvalue weighted by atomic mass is 9.99. The van der Waals surface area contributed by atoms with Gasteiger partial charge in [-0.05, 0) is 25.7 Å². The van der Waals surface area contributed by atoms with Gasteiger partial charge in [0.25, 0.3) is 15.9 Å². The minimum atomic E-state index is -3.78. The molecule has 1 N–H and O–H groups in total. The van der Waals surface area contributed by atoms with E-state index in [1.807, 2.05) is 0 Å². The first kappa shape index (κ1) is 20.4. The second kappa shape index (κ2) is 8.63. The molecule has 2 rings (SSSR count). The largest absolute Gasteiger partial charge is 0.456 e. The molecule has 9 nitrogen and oxygen atoms in total. The molecular weight excluding hydrogens is 360 g/mol. The molecule has 0 aromatic carbocycles. The van der Waals surface area contributed by atoms with Gasteiger partial charge in [0.1, 0.15) is 5.82 Å². The van der Waals surface area contributed by atoms with E-state index in [9.17, 15) is 18.0 Å². The third kappa shape index (κ3) is 5.53. The molecule has 2 heterocycles. The Hall–Kier alpha value is -1.94. The lowest BCUT2D eigenvalue weighted by Gasteiger charge is -2.30. The second-order valence-corrected chi connectivity index (χ2v) is 8.32. The first-order chi connectivity index (χ1) is 12.2. The zero-order valence-corrected chi connectivity index (χ0v) is 16.2. The van der Waals surface area contributed by atoms with E-state index in [0.717, 1.165) is 12.8 Å². The Bertz CT molecular complexity index is 731. The minimum absolute atomic E-state index is 0.0969. The topological polar surface area (TPSA) is 111 Å². The van der Waals surface area contributed by atoms with Crippen LogP contribution in [0.25, 0.3) is 0 Å². The lowest BCUT2D eigenvalue weighted by Crippen LogP contribution is -2.40. The highest BCUT2D eigenvalue weighted by atomic mass is 32.2. The van der Waals surface area contributed by atoms with Crippen molar-refractivity contribution in [3.05, 3.63) is 12.0 Å². The summed E-state index contributed by atoms with van der Waals surface area (Å²) in [6.45, 7) is 4.78. The smallest absolute Gasteiger partial charge is 0.307 e. The van der Waals surface area contributed by atoms with Crippen LogP contribution in [0.15, 0.2) is 11.2 Å². The number of hydrogen-bond acceptors (Lipinski definition) is 6. The van der Waals surface area contributed by atoms with Crippen LogP contribution in [0.1, 0.15) is 32.0 Å². The number of aryl methyl sites for hydroxylation is 2. The van der Waals surface area contributed by atoms with Crippen molar-refractivity contribution in [2.45, 2.75) is 38.1 Å². The van der Waals surface area contributed by atoms with Crippen molar-refractivity contribution in [2.75, 3.05) is 26.2 Å². The average Bonchev–Trinajstić information content (AvgIpc) is 2.93. The number of nitrogens with zero attached hydrogens (tertiary/aromatic N) is 3. The van der Waals surface area contributed by atoms with Gasteiger partial charge in [-0.2, -0.15) is 0 Å². The Morgan fingerprint density at radius 2 is 2.00 bits per heavy atom. The molecule has 0 bridgehead atoms. The molecule has 1 aromatic rings. The molecule has 10 heteroatoms. The van der Waals surface area contributed by atoms with Crippen molar-refractivity contribution in [3.63, 3.8) is 0 Å². The fourth-order valence-electron chi connectivity index (χ4n) is 2.58. The number of nitrogens with one attached hydrogen (secondary N) is 1. The van der Waals surface area contributed by atoms with Crippen LogP contribution in [0.5, 0.6) is 0 Å². The number of ether oxygens (including phenoxy) is 1. The van der Waals surface area contributed by atoms with Gasteiger partial charge in [-0.1, -0.05) is 6.92 Å². The molecule has 1 aliphatic rings. The Morgan fingerprint density at radius 1 is 1.35 bits per heavy atom. The van der Waals surface area contributed by atoms with E-state index in [1.54, 1.807) is 23.4 Å². The van der Waals surface area contributed by atoms with Gasteiger partial charge in [0.2, 0.25) is 0 Å². The van der Waals surface area contributed by atoms with E-state index in [-0.39, 0.29) is 30.5 Å². The maximum absolute atomic E-state index is 12.1. The SMILES string of the molecule is Cc1nc(S(=O)(=O)NCCC(=O)OCC(=O)N2CCC(C)CC2)cn1C. The third-order valence-electron chi connectivity index (χ3n) is 4.48. The number of imidazole rings is 1. The van der Waals surface area contributed by atoms with Gasteiger partial charge < -0.3 is 14.2 Å². The van der Waals surface area contributed by atoms with Crippen LogP contribution < -0.4 is 4.72 Å². The van der Waals surface area contributed by atoms with Crippen LogP contribution in [0, 0.1) is 12.8 Å². The number of piperidine rings is 1. The van der Waals surface area contributed by atoms with Crippen molar-refractivity contribution in [3.8, 4) is 0 Å². The molecule has 26 heavy (non-hydrogen) atoms. The normalized spacial score (nSPS) is 15.9. The maximum atomic E-state index is 12.1. The van der Waals surface area contributed by atoms with E-state index in [4.69, 9.17) is 4.74 Å². The van der Waals surface area contributed by atoms with Gasteiger partial charge in [0.05, 0.1) is 6.42 Å². The predicted octanol–water partition coefficient (Wildman–Crippen LogP) is 0.199. The Balaban J connectivity index is 1.71. The number of sulfonamides is 1. The van der Waals surface area contributed by atoms with Gasteiger partial charge in [0.15, 0.2) is 11.6 Å². The van der Waals surface area contributed by atoms with Crippen molar-refractivity contribution in [1.82, 2.24) is 19.2 Å². The number of amides is 1. The summed E-state index contributed by atoms with van der Waals surface area (Å²) in [6, 6.07) is 0. The highest BCUT2D eigenvalue weighted by Crippen LogP contribution is 2.15. The van der Waals surface area contributed by atoms with E-state index in [1.165, 1.54) is 6.20 Å². The molecule has 0 spiro atoms. The molecule has 0 atom stereocenters. The number of aromatic nitrogens is 2. The Morgan fingerprint density at radius 3 is 2.58 bits per heavy atom. The number of hydrogen-bond donors (Lipinski definition) is 1. The standard InChI is InChI=1S/C16H26N4O5S/c1-12-5-8-20(9-6-12)15(21)11-25-16(22)4-7-17-26(23,24)14-10-19(3)13(2)18-14/h10,12,17H,4-9,11H2,1-3H3. The van der Waals surface area contributed by atoms with Gasteiger partial charge >= 0.3 is 5.97 Å². The zero-order chi connectivity index (χ0) is 19.3. The average molecular weight is 386 g/mol. The van der Waals surface area contributed by atoms with Crippen molar-refractivity contribution < 1.29 is 22.7 Å². The summed E-state index contributed by atoms with van der Waals surface area (Å²) >= 11 is 0. The molecule has 1 amide bonds. The summed E-state index contributed by atoms with van der Waals surface area (Å²) in [5.41, 5.74) is 0. The monoisotopic (exact) mass is 386 g/mol. The number of esters is 1. The highest BCUT2D eigenvalue weighted by Gasteiger charge is 2.22. The van der Waals surface area contributed by atoms with Crippen molar-refractivity contribution >= 4 is 21.9 Å². The minimum Gasteiger partial charge on any atom is -0.456 e. The summed E-state index contributed by atoms with van der Waals surface area (Å²) < 4.78 is 33.0. The summed E-state index contributed by atoms with van der Waals surface area (Å²) in [5, 5.41) is -0.0969. The van der Waals surface area contributed by atoms with Crippen LogP contribution in [0.4, 0.5) is 0 Å². The molecule has 1 aromatic heterocycles. The summed E-state index contributed by atoms with van der Waals surface area (Å²) in [6.07, 6.45) is 3.15. The van der Waals surface area contributed by atoms with E-state index in [2.05, 4.69) is 16.6 Å². The third-order valence-corrected chi connectivity index (χ3v) is 5.81. The van der Waals surface area contributed by atoms with Crippen molar-refractivity contribution in [1.29, 1.82) is 0 Å². The van der Waals surface area contributed by atoms with Crippen LogP contribution in [0.3, 0.4) is 0 Å². The number of likely N-dealkylation sites (tertiary alicyclic amines) is 1. The molecule has 0 aliphatic carbocycles. The van der Waals surface area contributed by atoms with Crippen LogP contribution in [-0.4, -0.2) is 61.0 Å². The van der Waals surface area contributed by atoms with Gasteiger partial charge in [0, 0.05) is 32.9 Å². The Labute approximate surface area is 153 Å². The van der Waals surface area contributed by atoms with Gasteiger partial charge in [-0.3, -0.25) is 9.59 Å². The van der Waals surface area contributed by atoms with Crippen LogP contribution in [0.2, 0.25) is 0 Å². The zero-order valence-electron chi connectivity index (χ0n) is 15.4. The number of carbonyl (C=O) groups is 2. The molecule has 0 unspecified atom stereocenters. The number of rotatable bonds is 7. The fourth-order valence-corrected chi connectivity index (χ4v) is 3.65. The molecule has 0 saturated carbocycles. The number of carbonyl (C=O) groups excluding carboxylic acids is 2. The molecule has 0 radical (unpaired) electrons. The maximum Gasteiger partial charge on any atom is 0.307 e. The molecule has 1 fully saturated rings. The summed E-state index contributed by atoms with van der Waals surface area (Å²) in [7, 11) is -2.08. The molecule has 1 aliphatic heterocycles. The fraction of sp³-hybridized carbons (Fsp3) is 0.688. The van der Waals surface area contributed by atoms with E-state index >= 15 is 0 Å². The molecule has 1 saturated heterocycles. The molecular formula is C16H26N4O5S. The van der Waals surface area contributed by atoms with E-state index < -0.39 is 16.0 Å². The Kier molecular flexibility index (Phi) is 6.76.